The number of rotatable bonds is 3. The smallest absolute Gasteiger partial charge is 0.343 e. The maximum absolute atomic E-state index is 13.6. The fraction of sp³-hybridized carbons (Fsp3) is 0.194. The third-order valence-electron chi connectivity index (χ3n) is 7.23. The van der Waals surface area contributed by atoms with E-state index in [2.05, 4.69) is 19.2 Å². The molecule has 0 spiro atoms. The largest absolute Gasteiger partial charge is 0.423 e. The van der Waals surface area contributed by atoms with Crippen LogP contribution in [0.2, 0.25) is 5.02 Å². The Labute approximate surface area is 219 Å². The number of esters is 1. The summed E-state index contributed by atoms with van der Waals surface area (Å²) < 4.78 is 5.54. The van der Waals surface area contributed by atoms with Crippen LogP contribution in [-0.2, 0) is 4.79 Å². The van der Waals surface area contributed by atoms with Crippen molar-refractivity contribution in [1.82, 2.24) is 5.32 Å². The van der Waals surface area contributed by atoms with Crippen molar-refractivity contribution in [2.45, 2.75) is 32.6 Å². The monoisotopic (exact) mass is 509 g/mol. The Hall–Kier alpha value is -3.96. The predicted octanol–water partition coefficient (Wildman–Crippen LogP) is 6.50. The van der Waals surface area contributed by atoms with Gasteiger partial charge in [-0.05, 0) is 53.8 Å². The van der Waals surface area contributed by atoms with Gasteiger partial charge in [0.05, 0.1) is 11.3 Å². The standard InChI is InChI=1S/C31H24ClNO4/c1-31(2)15-23-26(24(34)16-31)25(27-28(33-23)21-5-3-4-6-22(21)29(27)35)17-9-13-20(14-10-17)37-30(36)18-7-11-19(32)12-8-18/h3-14,25,33H,15-16H2,1-2H3/t25-/m1/s1. The van der Waals surface area contributed by atoms with Crippen molar-refractivity contribution < 1.29 is 19.1 Å². The molecule has 3 aromatic carbocycles. The second kappa shape index (κ2) is 8.56. The predicted molar refractivity (Wildman–Crippen MR) is 141 cm³/mol. The Balaban J connectivity index is 1.39. The molecule has 6 rings (SSSR count). The normalized spacial score (nSPS) is 19.7. The SMILES string of the molecule is CC1(C)CC(=O)C2=C(C1)NC1=C(C(=O)c3ccccc31)[C@@H]2c1ccc(OC(=O)c2ccc(Cl)cc2)cc1. The molecule has 0 bridgehead atoms. The lowest BCUT2D eigenvalue weighted by molar-refractivity contribution is -0.118. The highest BCUT2D eigenvalue weighted by molar-refractivity contribution is 6.30. The van der Waals surface area contributed by atoms with Crippen LogP contribution in [-0.4, -0.2) is 17.5 Å². The van der Waals surface area contributed by atoms with Crippen molar-refractivity contribution in [2.75, 3.05) is 0 Å². The van der Waals surface area contributed by atoms with Gasteiger partial charge in [-0.2, -0.15) is 0 Å². The van der Waals surface area contributed by atoms with E-state index < -0.39 is 11.9 Å². The zero-order valence-corrected chi connectivity index (χ0v) is 21.2. The first kappa shape index (κ1) is 23.4. The average molecular weight is 510 g/mol. The second-order valence-electron chi connectivity index (χ2n) is 10.5. The van der Waals surface area contributed by atoms with Gasteiger partial charge < -0.3 is 10.1 Å². The van der Waals surface area contributed by atoms with Gasteiger partial charge in [0.1, 0.15) is 5.75 Å². The molecule has 1 heterocycles. The first-order valence-corrected chi connectivity index (χ1v) is 12.6. The highest BCUT2D eigenvalue weighted by Crippen LogP contribution is 2.51. The summed E-state index contributed by atoms with van der Waals surface area (Å²) in [6, 6.07) is 21.1. The number of hydrogen-bond donors (Lipinski definition) is 1. The van der Waals surface area contributed by atoms with Crippen molar-refractivity contribution in [3.63, 3.8) is 0 Å². The van der Waals surface area contributed by atoms with Crippen LogP contribution in [0.3, 0.4) is 0 Å². The molecule has 0 radical (unpaired) electrons. The van der Waals surface area contributed by atoms with Crippen LogP contribution in [0, 0.1) is 5.41 Å². The van der Waals surface area contributed by atoms with Crippen molar-refractivity contribution in [3.8, 4) is 5.75 Å². The molecule has 1 aliphatic heterocycles. The third kappa shape index (κ3) is 4.00. The van der Waals surface area contributed by atoms with Crippen LogP contribution >= 0.6 is 11.6 Å². The quantitative estimate of drug-likeness (QED) is 0.322. The fourth-order valence-electron chi connectivity index (χ4n) is 5.60. The lowest BCUT2D eigenvalue weighted by atomic mass is 9.68. The second-order valence-corrected chi connectivity index (χ2v) is 11.0. The number of carbonyl (C=O) groups excluding carboxylic acids is 3. The molecular formula is C31H24ClNO4. The van der Waals surface area contributed by atoms with E-state index in [1.807, 2.05) is 36.4 Å². The average Bonchev–Trinajstić information content (AvgIpc) is 3.15. The Morgan fingerprint density at radius 3 is 2.27 bits per heavy atom. The molecule has 0 amide bonds. The highest BCUT2D eigenvalue weighted by Gasteiger charge is 2.46. The van der Waals surface area contributed by atoms with Gasteiger partial charge in [0.2, 0.25) is 0 Å². The van der Waals surface area contributed by atoms with Crippen molar-refractivity contribution in [2.24, 2.45) is 5.41 Å². The molecule has 3 aliphatic rings. The van der Waals surface area contributed by atoms with Crippen LogP contribution in [0.5, 0.6) is 5.75 Å². The number of fused-ring (bicyclic) bond motifs is 2. The van der Waals surface area contributed by atoms with Gasteiger partial charge in [0, 0.05) is 45.3 Å². The summed E-state index contributed by atoms with van der Waals surface area (Å²) in [4.78, 5) is 39.6. The van der Waals surface area contributed by atoms with E-state index in [1.54, 1.807) is 36.4 Å². The minimum atomic E-state index is -0.493. The fourth-order valence-corrected chi connectivity index (χ4v) is 5.73. The molecule has 3 aromatic rings. The van der Waals surface area contributed by atoms with Crippen molar-refractivity contribution in [1.29, 1.82) is 0 Å². The van der Waals surface area contributed by atoms with Crippen LogP contribution in [0.15, 0.2) is 89.6 Å². The maximum atomic E-state index is 13.6. The summed E-state index contributed by atoms with van der Waals surface area (Å²) in [5.41, 5.74) is 5.45. The number of Topliss-reactive ketones (excluding diaryl/α,β-unsaturated/α-hetero) is 2. The zero-order valence-electron chi connectivity index (χ0n) is 20.4. The number of ether oxygens (including phenoxy) is 1. The van der Waals surface area contributed by atoms with Crippen LogP contribution < -0.4 is 10.1 Å². The van der Waals surface area contributed by atoms with Gasteiger partial charge in [-0.3, -0.25) is 9.59 Å². The lowest BCUT2D eigenvalue weighted by Gasteiger charge is -2.39. The van der Waals surface area contributed by atoms with Gasteiger partial charge in [-0.15, -0.1) is 0 Å². The van der Waals surface area contributed by atoms with E-state index >= 15 is 0 Å². The molecule has 1 N–H and O–H groups in total. The van der Waals surface area contributed by atoms with Crippen molar-refractivity contribution in [3.05, 3.63) is 117 Å². The number of halogens is 1. The summed E-state index contributed by atoms with van der Waals surface area (Å²) in [5.74, 6) is -0.621. The Morgan fingerprint density at radius 1 is 0.892 bits per heavy atom. The Kier molecular flexibility index (Phi) is 5.42. The molecule has 6 heteroatoms. The van der Waals surface area contributed by atoms with Gasteiger partial charge in [0.15, 0.2) is 11.6 Å². The van der Waals surface area contributed by atoms with E-state index in [4.69, 9.17) is 16.3 Å². The number of dihydropyridines is 1. The number of allylic oxidation sites excluding steroid dienone is 3. The molecular weight excluding hydrogens is 486 g/mol. The van der Waals surface area contributed by atoms with Crippen LogP contribution in [0.25, 0.3) is 5.70 Å². The molecule has 5 nitrogen and oxygen atoms in total. The van der Waals surface area contributed by atoms with E-state index in [0.717, 1.165) is 22.5 Å². The molecule has 0 saturated carbocycles. The molecule has 1 atom stereocenters. The van der Waals surface area contributed by atoms with E-state index in [9.17, 15) is 14.4 Å². The zero-order chi connectivity index (χ0) is 25.9. The number of benzene rings is 3. The van der Waals surface area contributed by atoms with Crippen LogP contribution in [0.4, 0.5) is 0 Å². The molecule has 2 aliphatic carbocycles. The summed E-state index contributed by atoms with van der Waals surface area (Å²) in [7, 11) is 0. The number of nitrogens with one attached hydrogen (secondary N) is 1. The first-order chi connectivity index (χ1) is 17.7. The van der Waals surface area contributed by atoms with E-state index in [1.165, 1.54) is 0 Å². The van der Waals surface area contributed by atoms with Gasteiger partial charge in [0.25, 0.3) is 0 Å². The molecule has 0 saturated heterocycles. The molecule has 0 fully saturated rings. The maximum Gasteiger partial charge on any atom is 0.343 e. The Morgan fingerprint density at radius 2 is 1.57 bits per heavy atom. The Bertz CT molecular complexity index is 1540. The van der Waals surface area contributed by atoms with E-state index in [0.29, 0.717) is 45.9 Å². The lowest BCUT2D eigenvalue weighted by Crippen LogP contribution is -2.37. The summed E-state index contributed by atoms with van der Waals surface area (Å²) >= 11 is 5.91. The summed E-state index contributed by atoms with van der Waals surface area (Å²) in [6.07, 6.45) is 1.14. The highest BCUT2D eigenvalue weighted by atomic mass is 35.5. The third-order valence-corrected chi connectivity index (χ3v) is 7.48. The van der Waals surface area contributed by atoms with Gasteiger partial charge in [-0.1, -0.05) is 61.8 Å². The minimum absolute atomic E-state index is 0.0531. The van der Waals surface area contributed by atoms with Gasteiger partial charge >= 0.3 is 5.97 Å². The summed E-state index contributed by atoms with van der Waals surface area (Å²) in [5, 5.41) is 4.02. The molecule has 0 aromatic heterocycles. The summed E-state index contributed by atoms with van der Waals surface area (Å²) in [6.45, 7) is 4.18. The van der Waals surface area contributed by atoms with Gasteiger partial charge in [-0.25, -0.2) is 4.79 Å². The number of ketones is 2. The molecule has 184 valence electrons. The number of carbonyl (C=O) groups is 3. The van der Waals surface area contributed by atoms with Crippen LogP contribution in [0.1, 0.15) is 64.4 Å². The first-order valence-electron chi connectivity index (χ1n) is 12.2. The minimum Gasteiger partial charge on any atom is -0.423 e. The molecule has 0 unspecified atom stereocenters. The number of hydrogen-bond acceptors (Lipinski definition) is 5. The van der Waals surface area contributed by atoms with E-state index in [-0.39, 0.29) is 17.0 Å². The van der Waals surface area contributed by atoms with Crippen molar-refractivity contribution >= 4 is 34.8 Å². The molecule has 37 heavy (non-hydrogen) atoms. The topological polar surface area (TPSA) is 72.5 Å².